The van der Waals surface area contributed by atoms with E-state index in [1.165, 1.54) is 0 Å². The van der Waals surface area contributed by atoms with Crippen molar-refractivity contribution in [1.82, 2.24) is 9.80 Å². The van der Waals surface area contributed by atoms with Crippen LogP contribution in [0.25, 0.3) is 6.08 Å². The highest BCUT2D eigenvalue weighted by molar-refractivity contribution is 8.26. The molecule has 2 aromatic carbocycles. The molecule has 0 saturated carbocycles. The van der Waals surface area contributed by atoms with Crippen molar-refractivity contribution in [2.45, 2.75) is 12.5 Å². The normalized spacial score (nSPS) is 19.2. The van der Waals surface area contributed by atoms with Crippen LogP contribution in [0.15, 0.2) is 47.4 Å². The third-order valence-corrected chi connectivity index (χ3v) is 6.95. The van der Waals surface area contributed by atoms with Crippen molar-refractivity contribution in [2.24, 2.45) is 0 Å². The standard InChI is InChI=1S/C23H19ClN2O6S2/c1-25-15(12-31-22(25)30)8-13-2-5-16(6-3-13)32-18-7-4-14(9-17(18)24)10-19-21(29)26(11-20(27)28)23(33)34-19/h2-7,9-10,15H,8,11-12H2,1H3,(H,27,28). The first-order chi connectivity index (χ1) is 16.2. The van der Waals surface area contributed by atoms with Crippen LogP contribution in [0.3, 0.4) is 0 Å². The van der Waals surface area contributed by atoms with E-state index in [2.05, 4.69) is 0 Å². The van der Waals surface area contributed by atoms with Gasteiger partial charge in [-0.3, -0.25) is 14.5 Å². The zero-order valence-corrected chi connectivity index (χ0v) is 20.3. The average molecular weight is 519 g/mol. The number of benzene rings is 2. The van der Waals surface area contributed by atoms with Crippen molar-refractivity contribution in [3.63, 3.8) is 0 Å². The van der Waals surface area contributed by atoms with Crippen molar-refractivity contribution < 1.29 is 29.0 Å². The van der Waals surface area contributed by atoms with Gasteiger partial charge >= 0.3 is 12.1 Å². The predicted octanol–water partition coefficient (Wildman–Crippen LogP) is 4.41. The van der Waals surface area contributed by atoms with E-state index in [-0.39, 0.29) is 16.5 Å². The third-order valence-electron chi connectivity index (χ3n) is 5.28. The van der Waals surface area contributed by atoms with Gasteiger partial charge in [0, 0.05) is 7.05 Å². The third kappa shape index (κ3) is 5.35. The van der Waals surface area contributed by atoms with Crippen molar-refractivity contribution in [2.75, 3.05) is 20.2 Å². The van der Waals surface area contributed by atoms with E-state index in [0.717, 1.165) is 22.2 Å². The van der Waals surface area contributed by atoms with Gasteiger partial charge in [0.2, 0.25) is 0 Å². The maximum Gasteiger partial charge on any atom is 0.409 e. The van der Waals surface area contributed by atoms with Crippen LogP contribution < -0.4 is 4.74 Å². The molecular weight excluding hydrogens is 500 g/mol. The molecule has 2 saturated heterocycles. The minimum absolute atomic E-state index is 0.00542. The Hall–Kier alpha value is -3.08. The maximum atomic E-state index is 12.4. The molecule has 11 heteroatoms. The second-order valence-corrected chi connectivity index (χ2v) is 9.73. The summed E-state index contributed by atoms with van der Waals surface area (Å²) < 4.78 is 11.1. The fraction of sp³-hybridized carbons (Fsp3) is 0.217. The number of carbonyl (C=O) groups excluding carboxylic acids is 2. The molecule has 2 heterocycles. The van der Waals surface area contributed by atoms with Gasteiger partial charge in [-0.25, -0.2) is 4.79 Å². The van der Waals surface area contributed by atoms with Crippen LogP contribution in [0.2, 0.25) is 5.02 Å². The van der Waals surface area contributed by atoms with E-state index < -0.39 is 18.4 Å². The topological polar surface area (TPSA) is 96.4 Å². The lowest BCUT2D eigenvalue weighted by atomic mass is 10.1. The number of aliphatic carboxylic acids is 1. The monoisotopic (exact) mass is 518 g/mol. The maximum absolute atomic E-state index is 12.4. The van der Waals surface area contributed by atoms with Crippen molar-refractivity contribution in [3.8, 4) is 11.5 Å². The lowest BCUT2D eigenvalue weighted by Gasteiger charge is -2.16. The molecule has 0 aromatic heterocycles. The number of cyclic esters (lactones) is 1. The number of likely N-dealkylation sites (N-methyl/N-ethyl adjacent to an activating group) is 1. The number of carboxylic acids is 1. The molecule has 1 N–H and O–H groups in total. The van der Waals surface area contributed by atoms with E-state index in [1.807, 2.05) is 24.3 Å². The van der Waals surface area contributed by atoms with E-state index in [1.54, 1.807) is 36.2 Å². The molecule has 1 atom stereocenters. The van der Waals surface area contributed by atoms with Gasteiger partial charge in [0.05, 0.1) is 16.0 Å². The summed E-state index contributed by atoms with van der Waals surface area (Å²) in [4.78, 5) is 37.8. The number of carbonyl (C=O) groups is 3. The second-order valence-electron chi connectivity index (χ2n) is 7.64. The smallest absolute Gasteiger partial charge is 0.409 e. The number of nitrogens with zero attached hydrogens (tertiary/aromatic N) is 2. The number of halogens is 1. The van der Waals surface area contributed by atoms with Crippen LogP contribution in [0, 0.1) is 0 Å². The Balaban J connectivity index is 1.41. The predicted molar refractivity (Wildman–Crippen MR) is 132 cm³/mol. The molecular formula is C23H19ClN2O6S2. The Kier molecular flexibility index (Phi) is 7.11. The Morgan fingerprint density at radius 1 is 1.29 bits per heavy atom. The average Bonchev–Trinajstić information content (AvgIpc) is 3.24. The first-order valence-corrected chi connectivity index (χ1v) is 11.7. The van der Waals surface area contributed by atoms with Crippen molar-refractivity contribution >= 4 is 63.9 Å². The highest BCUT2D eigenvalue weighted by Gasteiger charge is 2.33. The van der Waals surface area contributed by atoms with E-state index in [4.69, 9.17) is 38.4 Å². The Morgan fingerprint density at radius 3 is 2.65 bits per heavy atom. The lowest BCUT2D eigenvalue weighted by molar-refractivity contribution is -0.140. The largest absolute Gasteiger partial charge is 0.480 e. The molecule has 0 radical (unpaired) electrons. The number of rotatable bonds is 7. The molecule has 0 spiro atoms. The van der Waals surface area contributed by atoms with E-state index in [0.29, 0.717) is 40.0 Å². The zero-order chi connectivity index (χ0) is 24.4. The summed E-state index contributed by atoms with van der Waals surface area (Å²) in [5.41, 5.74) is 1.70. The lowest BCUT2D eigenvalue weighted by Crippen LogP contribution is -2.33. The Labute approximate surface area is 210 Å². The molecule has 2 aliphatic rings. The van der Waals surface area contributed by atoms with Gasteiger partial charge in [-0.05, 0) is 47.9 Å². The van der Waals surface area contributed by atoms with Crippen LogP contribution in [0.1, 0.15) is 11.1 Å². The highest BCUT2D eigenvalue weighted by atomic mass is 35.5. The van der Waals surface area contributed by atoms with Gasteiger partial charge in [-0.2, -0.15) is 0 Å². The molecule has 0 bridgehead atoms. The molecule has 4 rings (SSSR count). The van der Waals surface area contributed by atoms with Gasteiger partial charge in [0.15, 0.2) is 0 Å². The van der Waals surface area contributed by atoms with Crippen LogP contribution >= 0.6 is 35.6 Å². The fourth-order valence-corrected chi connectivity index (χ4v) is 4.91. The van der Waals surface area contributed by atoms with Gasteiger partial charge in [-0.1, -0.05) is 53.8 Å². The van der Waals surface area contributed by atoms with Gasteiger partial charge in [0.1, 0.15) is 29.0 Å². The van der Waals surface area contributed by atoms with Crippen LogP contribution in [0.5, 0.6) is 11.5 Å². The summed E-state index contributed by atoms with van der Waals surface area (Å²) in [6, 6.07) is 12.6. The number of thiocarbonyl (C=S) groups is 1. The number of amides is 2. The van der Waals surface area contributed by atoms with Gasteiger partial charge in [0.25, 0.3) is 5.91 Å². The number of thioether (sulfide) groups is 1. The molecule has 2 aliphatic heterocycles. The summed E-state index contributed by atoms with van der Waals surface area (Å²) in [5, 5.41) is 9.29. The fourth-order valence-electron chi connectivity index (χ4n) is 3.43. The van der Waals surface area contributed by atoms with Gasteiger partial charge < -0.3 is 19.5 Å². The summed E-state index contributed by atoms with van der Waals surface area (Å²) in [5.74, 6) is -0.543. The number of carboxylic acid groups (broad SMARTS) is 1. The molecule has 0 aliphatic carbocycles. The first-order valence-electron chi connectivity index (χ1n) is 10.1. The second kappa shape index (κ2) is 10.0. The van der Waals surface area contributed by atoms with Crippen molar-refractivity contribution in [3.05, 3.63) is 63.5 Å². The Morgan fingerprint density at radius 2 is 2.03 bits per heavy atom. The van der Waals surface area contributed by atoms with Crippen molar-refractivity contribution in [1.29, 1.82) is 0 Å². The molecule has 1 unspecified atom stereocenters. The molecule has 176 valence electrons. The Bertz CT molecular complexity index is 1200. The summed E-state index contributed by atoms with van der Waals surface area (Å²) in [6.07, 6.45) is 1.98. The van der Waals surface area contributed by atoms with Gasteiger partial charge in [-0.15, -0.1) is 0 Å². The molecule has 2 aromatic rings. The minimum Gasteiger partial charge on any atom is -0.480 e. The summed E-state index contributed by atoms with van der Waals surface area (Å²) in [7, 11) is 1.72. The molecule has 2 amide bonds. The number of hydrogen-bond acceptors (Lipinski definition) is 7. The first kappa shape index (κ1) is 24.1. The van der Waals surface area contributed by atoms with Crippen LogP contribution in [-0.2, 0) is 20.7 Å². The van der Waals surface area contributed by atoms with E-state index in [9.17, 15) is 14.4 Å². The van der Waals surface area contributed by atoms with Crippen LogP contribution in [-0.4, -0.2) is 63.4 Å². The zero-order valence-electron chi connectivity index (χ0n) is 17.9. The molecule has 34 heavy (non-hydrogen) atoms. The quantitative estimate of drug-likeness (QED) is 0.425. The summed E-state index contributed by atoms with van der Waals surface area (Å²) in [6.45, 7) is -0.100. The van der Waals surface area contributed by atoms with E-state index >= 15 is 0 Å². The highest BCUT2D eigenvalue weighted by Crippen LogP contribution is 2.35. The molecule has 8 nitrogen and oxygen atoms in total. The SMILES string of the molecule is CN1C(=O)OCC1Cc1ccc(Oc2ccc(C=C3SC(=S)N(CC(=O)O)C3=O)cc2Cl)cc1. The minimum atomic E-state index is -1.13. The van der Waals surface area contributed by atoms with Crippen LogP contribution in [0.4, 0.5) is 4.79 Å². The molecule has 2 fully saturated rings. The summed E-state index contributed by atoms with van der Waals surface area (Å²) >= 11 is 12.5. The number of hydrogen-bond donors (Lipinski definition) is 1. The number of ether oxygens (including phenoxy) is 2.